The van der Waals surface area contributed by atoms with Gasteiger partial charge in [-0.1, -0.05) is 34.1 Å². The third-order valence-corrected chi connectivity index (χ3v) is 4.65. The van der Waals surface area contributed by atoms with E-state index in [0.29, 0.717) is 13.0 Å². The molecule has 1 aliphatic carbocycles. The minimum atomic E-state index is -0.760. The van der Waals surface area contributed by atoms with Crippen molar-refractivity contribution in [3.8, 4) is 0 Å². The van der Waals surface area contributed by atoms with Crippen LogP contribution in [-0.4, -0.2) is 29.7 Å². The second kappa shape index (κ2) is 5.80. The Morgan fingerprint density at radius 1 is 1.05 bits per heavy atom. The molecule has 0 aromatic carbocycles. The number of carboxylic acids is 1. The van der Waals surface area contributed by atoms with Gasteiger partial charge in [0.15, 0.2) is 0 Å². The molecule has 5 heteroatoms. The first-order valence-corrected chi connectivity index (χ1v) is 6.95. The molecule has 110 valence electrons. The van der Waals surface area contributed by atoms with Gasteiger partial charge in [0.25, 0.3) is 0 Å². The Morgan fingerprint density at radius 2 is 1.63 bits per heavy atom. The number of unbranched alkanes of at least 4 members (excludes halogenated alkanes) is 2. The molecule has 0 heterocycles. The third kappa shape index (κ3) is 3.85. The average Bonchev–Trinajstić information content (AvgIpc) is 2.65. The topological polar surface area (TPSA) is 78.4 Å². The van der Waals surface area contributed by atoms with E-state index in [4.69, 9.17) is 5.11 Å². The van der Waals surface area contributed by atoms with Crippen LogP contribution < -0.4 is 10.6 Å². The minimum Gasteiger partial charge on any atom is -0.481 e. The number of rotatable bonds is 7. The lowest BCUT2D eigenvalue weighted by Crippen LogP contribution is -2.39. The predicted molar refractivity (Wildman–Crippen MR) is 74.0 cm³/mol. The van der Waals surface area contributed by atoms with E-state index >= 15 is 0 Å². The van der Waals surface area contributed by atoms with Gasteiger partial charge in [0, 0.05) is 19.0 Å². The van der Waals surface area contributed by atoms with E-state index in [2.05, 4.69) is 38.3 Å². The van der Waals surface area contributed by atoms with Crippen LogP contribution in [0, 0.1) is 10.8 Å². The van der Waals surface area contributed by atoms with Crippen molar-refractivity contribution in [3.63, 3.8) is 0 Å². The molecule has 1 saturated carbocycles. The smallest absolute Gasteiger partial charge is 0.315 e. The number of hydrogen-bond acceptors (Lipinski definition) is 2. The zero-order valence-electron chi connectivity index (χ0n) is 12.4. The van der Waals surface area contributed by atoms with E-state index in [1.54, 1.807) is 0 Å². The van der Waals surface area contributed by atoms with Crippen molar-refractivity contribution in [2.75, 3.05) is 6.54 Å². The largest absolute Gasteiger partial charge is 0.481 e. The van der Waals surface area contributed by atoms with Crippen molar-refractivity contribution in [1.82, 2.24) is 10.6 Å². The summed E-state index contributed by atoms with van der Waals surface area (Å²) in [7, 11) is 0. The summed E-state index contributed by atoms with van der Waals surface area (Å²) in [5.41, 5.74) is 0.289. The maximum Gasteiger partial charge on any atom is 0.315 e. The van der Waals surface area contributed by atoms with Crippen LogP contribution in [0.1, 0.15) is 53.4 Å². The van der Waals surface area contributed by atoms with E-state index in [1.165, 1.54) is 0 Å². The van der Waals surface area contributed by atoms with Crippen LogP contribution in [0.15, 0.2) is 0 Å². The van der Waals surface area contributed by atoms with Gasteiger partial charge in [0.2, 0.25) is 0 Å². The molecular formula is C14H26N2O3. The summed E-state index contributed by atoms with van der Waals surface area (Å²) in [6.45, 7) is 9.22. The first-order valence-electron chi connectivity index (χ1n) is 6.95. The van der Waals surface area contributed by atoms with Crippen molar-refractivity contribution in [2.24, 2.45) is 10.8 Å². The zero-order chi connectivity index (χ0) is 14.7. The molecule has 19 heavy (non-hydrogen) atoms. The summed E-state index contributed by atoms with van der Waals surface area (Å²) in [5.74, 6) is -0.760. The van der Waals surface area contributed by atoms with Crippen molar-refractivity contribution < 1.29 is 14.7 Å². The number of urea groups is 1. The zero-order valence-corrected chi connectivity index (χ0v) is 12.4. The third-order valence-electron chi connectivity index (χ3n) is 4.65. The van der Waals surface area contributed by atoms with Crippen LogP contribution in [-0.2, 0) is 4.79 Å². The van der Waals surface area contributed by atoms with Gasteiger partial charge >= 0.3 is 12.0 Å². The standard InChI is InChI=1S/C14H26N2O3/c1-13(2)11(14(13,3)4)16-12(19)15-9-7-5-6-8-10(17)18/h11H,5-9H2,1-4H3,(H,17,18)(H2,15,16,19). The molecule has 2 amide bonds. The Labute approximate surface area is 115 Å². The number of nitrogens with one attached hydrogen (secondary N) is 2. The second-order valence-corrected chi connectivity index (χ2v) is 6.48. The number of amides is 2. The fraction of sp³-hybridized carbons (Fsp3) is 0.857. The van der Waals surface area contributed by atoms with Gasteiger partial charge in [-0.05, 0) is 23.7 Å². The maximum absolute atomic E-state index is 11.7. The van der Waals surface area contributed by atoms with Crippen LogP contribution in [0.5, 0.6) is 0 Å². The lowest BCUT2D eigenvalue weighted by molar-refractivity contribution is -0.137. The molecule has 0 radical (unpaired) electrons. The van der Waals surface area contributed by atoms with Gasteiger partial charge in [-0.15, -0.1) is 0 Å². The Hall–Kier alpha value is -1.26. The first-order chi connectivity index (χ1) is 8.69. The molecule has 3 N–H and O–H groups in total. The molecule has 0 aromatic heterocycles. The molecule has 1 aliphatic rings. The Bertz CT molecular complexity index is 337. The molecule has 0 spiro atoms. The number of carbonyl (C=O) groups is 2. The van der Waals surface area contributed by atoms with Crippen molar-refractivity contribution in [1.29, 1.82) is 0 Å². The summed E-state index contributed by atoms with van der Waals surface area (Å²) in [5, 5.41) is 14.3. The highest BCUT2D eigenvalue weighted by molar-refractivity contribution is 5.75. The summed E-state index contributed by atoms with van der Waals surface area (Å²) in [4.78, 5) is 22.0. The SMILES string of the molecule is CC1(C)C(NC(=O)NCCCCCC(=O)O)C1(C)C. The van der Waals surface area contributed by atoms with Crippen molar-refractivity contribution in [3.05, 3.63) is 0 Å². The molecular weight excluding hydrogens is 244 g/mol. The highest BCUT2D eigenvalue weighted by atomic mass is 16.4. The summed E-state index contributed by atoms with van der Waals surface area (Å²) in [6.07, 6.45) is 2.52. The summed E-state index contributed by atoms with van der Waals surface area (Å²) >= 11 is 0. The van der Waals surface area contributed by atoms with Crippen LogP contribution in [0.2, 0.25) is 0 Å². The molecule has 5 nitrogen and oxygen atoms in total. The Morgan fingerprint density at radius 3 is 2.11 bits per heavy atom. The predicted octanol–water partition coefficient (Wildman–Crippen LogP) is 2.37. The van der Waals surface area contributed by atoms with Crippen LogP contribution >= 0.6 is 0 Å². The van der Waals surface area contributed by atoms with Crippen LogP contribution in [0.3, 0.4) is 0 Å². The van der Waals surface area contributed by atoms with E-state index in [0.717, 1.165) is 12.8 Å². The fourth-order valence-corrected chi connectivity index (χ4v) is 2.52. The van der Waals surface area contributed by atoms with Gasteiger partial charge in [0.05, 0.1) is 0 Å². The highest BCUT2D eigenvalue weighted by Gasteiger charge is 2.65. The molecule has 0 bridgehead atoms. The van der Waals surface area contributed by atoms with Gasteiger partial charge in [0.1, 0.15) is 0 Å². The fourth-order valence-electron chi connectivity index (χ4n) is 2.52. The first kappa shape index (κ1) is 15.8. The lowest BCUT2D eigenvalue weighted by Gasteiger charge is -2.08. The van der Waals surface area contributed by atoms with Crippen LogP contribution in [0.4, 0.5) is 4.79 Å². The van der Waals surface area contributed by atoms with E-state index in [1.807, 2.05) is 0 Å². The molecule has 1 rings (SSSR count). The van der Waals surface area contributed by atoms with Crippen molar-refractivity contribution >= 4 is 12.0 Å². The molecule has 1 fully saturated rings. The molecule has 0 atom stereocenters. The molecule has 0 saturated heterocycles. The number of carbonyl (C=O) groups excluding carboxylic acids is 1. The normalized spacial score (nSPS) is 19.8. The molecule has 0 aliphatic heterocycles. The minimum absolute atomic E-state index is 0.123. The lowest BCUT2D eigenvalue weighted by atomic mass is 10.0. The maximum atomic E-state index is 11.7. The van der Waals surface area contributed by atoms with Gasteiger partial charge in [-0.2, -0.15) is 0 Å². The second-order valence-electron chi connectivity index (χ2n) is 6.48. The quantitative estimate of drug-likeness (QED) is 0.621. The Kier molecular flexibility index (Phi) is 4.82. The van der Waals surface area contributed by atoms with Crippen LogP contribution in [0.25, 0.3) is 0 Å². The highest BCUT2D eigenvalue weighted by Crippen LogP contribution is 2.62. The number of aliphatic carboxylic acids is 1. The number of carboxylic acid groups (broad SMARTS) is 1. The monoisotopic (exact) mass is 270 g/mol. The summed E-state index contributed by atoms with van der Waals surface area (Å²) < 4.78 is 0. The summed E-state index contributed by atoms with van der Waals surface area (Å²) in [6, 6.07) is 0.0916. The van der Waals surface area contributed by atoms with Crippen molar-refractivity contribution in [2.45, 2.75) is 59.4 Å². The average molecular weight is 270 g/mol. The molecule has 0 unspecified atom stereocenters. The van der Waals surface area contributed by atoms with E-state index < -0.39 is 5.97 Å². The molecule has 0 aromatic rings. The van der Waals surface area contributed by atoms with Gasteiger partial charge in [-0.3, -0.25) is 4.79 Å². The Balaban J connectivity index is 2.09. The van der Waals surface area contributed by atoms with E-state index in [9.17, 15) is 9.59 Å². The van der Waals surface area contributed by atoms with E-state index in [-0.39, 0.29) is 29.3 Å². The van der Waals surface area contributed by atoms with Gasteiger partial charge < -0.3 is 15.7 Å². The number of hydrogen-bond donors (Lipinski definition) is 3. The van der Waals surface area contributed by atoms with Gasteiger partial charge in [-0.25, -0.2) is 4.79 Å².